The number of aromatic nitrogens is 3. The molecule has 0 spiro atoms. The van der Waals surface area contributed by atoms with E-state index in [-0.39, 0.29) is 17.5 Å². The maximum Gasteiger partial charge on any atom is 0.255 e. The monoisotopic (exact) mass is 410 g/mol. The summed E-state index contributed by atoms with van der Waals surface area (Å²) in [6.07, 6.45) is 3.53. The highest BCUT2D eigenvalue weighted by molar-refractivity contribution is 7.89. The van der Waals surface area contributed by atoms with Crippen LogP contribution in [-0.2, 0) is 21.2 Å². The molecule has 0 radical (unpaired) electrons. The standard InChI is InChI=1S/C16H18N4O5S2/c1-10-14(9-13(26-10)11-4-6-17-24-11)27(21,22)18-7-5-15-19-16(25-20-15)12-3-2-8-23-12/h4,6,9,12,18H,2-3,5,7-8H2,1H3. The van der Waals surface area contributed by atoms with Gasteiger partial charge in [-0.25, -0.2) is 13.1 Å². The van der Waals surface area contributed by atoms with Crippen LogP contribution < -0.4 is 4.72 Å². The van der Waals surface area contributed by atoms with Gasteiger partial charge in [-0.15, -0.1) is 11.3 Å². The number of rotatable bonds is 7. The molecule has 27 heavy (non-hydrogen) atoms. The van der Waals surface area contributed by atoms with Crippen molar-refractivity contribution in [2.45, 2.75) is 37.2 Å². The van der Waals surface area contributed by atoms with Crippen LogP contribution in [-0.4, -0.2) is 36.9 Å². The highest BCUT2D eigenvalue weighted by atomic mass is 32.2. The number of sulfonamides is 1. The fourth-order valence-corrected chi connectivity index (χ4v) is 5.42. The van der Waals surface area contributed by atoms with Crippen LogP contribution in [0.1, 0.15) is 35.5 Å². The number of ether oxygens (including phenoxy) is 1. The van der Waals surface area contributed by atoms with E-state index in [2.05, 4.69) is 20.0 Å². The lowest BCUT2D eigenvalue weighted by Crippen LogP contribution is -2.26. The van der Waals surface area contributed by atoms with Crippen LogP contribution in [0.25, 0.3) is 10.6 Å². The van der Waals surface area contributed by atoms with Crippen LogP contribution in [0.2, 0.25) is 0 Å². The van der Waals surface area contributed by atoms with Gasteiger partial charge < -0.3 is 13.8 Å². The van der Waals surface area contributed by atoms with Gasteiger partial charge in [0, 0.05) is 30.5 Å². The van der Waals surface area contributed by atoms with E-state index in [0.717, 1.165) is 12.8 Å². The molecule has 0 amide bonds. The molecule has 1 aliphatic rings. The summed E-state index contributed by atoms with van der Waals surface area (Å²) < 4.78 is 43.6. The van der Waals surface area contributed by atoms with Crippen LogP contribution in [0.15, 0.2) is 32.3 Å². The van der Waals surface area contributed by atoms with Crippen molar-refractivity contribution < 1.29 is 22.2 Å². The summed E-state index contributed by atoms with van der Waals surface area (Å²) in [6.45, 7) is 2.62. The van der Waals surface area contributed by atoms with Crippen molar-refractivity contribution in [2.24, 2.45) is 0 Å². The number of hydrogen-bond acceptors (Lipinski definition) is 9. The molecule has 0 saturated carbocycles. The second-order valence-electron chi connectivity index (χ2n) is 6.11. The van der Waals surface area contributed by atoms with Crippen molar-refractivity contribution in [3.8, 4) is 10.6 Å². The maximum atomic E-state index is 12.6. The fourth-order valence-electron chi connectivity index (χ4n) is 2.84. The first kappa shape index (κ1) is 18.3. The van der Waals surface area contributed by atoms with E-state index in [0.29, 0.717) is 40.3 Å². The van der Waals surface area contributed by atoms with E-state index in [9.17, 15) is 8.42 Å². The molecule has 11 heteroatoms. The summed E-state index contributed by atoms with van der Waals surface area (Å²) >= 11 is 1.34. The molecule has 3 aromatic rings. The summed E-state index contributed by atoms with van der Waals surface area (Å²) in [4.78, 5) is 5.90. The molecule has 0 aliphatic carbocycles. The SMILES string of the molecule is Cc1sc(-c2ccno2)cc1S(=O)(=O)NCCc1noc(C2CCCO2)n1. The van der Waals surface area contributed by atoms with Gasteiger partial charge in [0.15, 0.2) is 11.6 Å². The molecule has 0 aromatic carbocycles. The molecule has 1 unspecified atom stereocenters. The molecule has 0 bridgehead atoms. The van der Waals surface area contributed by atoms with E-state index >= 15 is 0 Å². The molecule has 1 aliphatic heterocycles. The van der Waals surface area contributed by atoms with Crippen LogP contribution in [0, 0.1) is 6.92 Å². The summed E-state index contributed by atoms with van der Waals surface area (Å²) in [6, 6.07) is 3.28. The van der Waals surface area contributed by atoms with Gasteiger partial charge in [-0.05, 0) is 25.8 Å². The normalized spacial score (nSPS) is 17.6. The molecule has 1 N–H and O–H groups in total. The Balaban J connectivity index is 1.39. The lowest BCUT2D eigenvalue weighted by Gasteiger charge is -2.04. The average molecular weight is 410 g/mol. The minimum absolute atomic E-state index is 0.147. The van der Waals surface area contributed by atoms with Gasteiger partial charge in [0.1, 0.15) is 6.10 Å². The summed E-state index contributed by atoms with van der Waals surface area (Å²) in [7, 11) is -3.65. The van der Waals surface area contributed by atoms with Crippen LogP contribution in [0.4, 0.5) is 0 Å². The molecule has 1 fully saturated rings. The number of thiophene rings is 1. The number of hydrogen-bond donors (Lipinski definition) is 1. The van der Waals surface area contributed by atoms with Crippen molar-refractivity contribution in [1.29, 1.82) is 0 Å². The highest BCUT2D eigenvalue weighted by Gasteiger charge is 2.24. The predicted octanol–water partition coefficient (Wildman–Crippen LogP) is 2.47. The number of aryl methyl sites for hydroxylation is 1. The molecular weight excluding hydrogens is 392 g/mol. The number of nitrogens with zero attached hydrogens (tertiary/aromatic N) is 3. The van der Waals surface area contributed by atoms with Crippen molar-refractivity contribution in [2.75, 3.05) is 13.2 Å². The zero-order valence-electron chi connectivity index (χ0n) is 14.5. The van der Waals surface area contributed by atoms with Gasteiger partial charge in [-0.3, -0.25) is 0 Å². The van der Waals surface area contributed by atoms with Gasteiger partial charge in [-0.2, -0.15) is 4.98 Å². The second-order valence-corrected chi connectivity index (χ2v) is 9.10. The lowest BCUT2D eigenvalue weighted by atomic mass is 10.2. The van der Waals surface area contributed by atoms with Crippen LogP contribution in [0.3, 0.4) is 0 Å². The Bertz CT molecular complexity index is 1000. The van der Waals surface area contributed by atoms with Gasteiger partial charge >= 0.3 is 0 Å². The molecule has 144 valence electrons. The van der Waals surface area contributed by atoms with Crippen LogP contribution in [0.5, 0.6) is 0 Å². The minimum atomic E-state index is -3.65. The Labute approximate surface area is 159 Å². The molecular formula is C16H18N4O5S2. The number of nitrogens with one attached hydrogen (secondary N) is 1. The largest absolute Gasteiger partial charge is 0.368 e. The van der Waals surface area contributed by atoms with Crippen molar-refractivity contribution in [3.63, 3.8) is 0 Å². The molecule has 9 nitrogen and oxygen atoms in total. The molecule has 1 atom stereocenters. The Hall–Kier alpha value is -2.08. The Morgan fingerprint density at radius 1 is 1.37 bits per heavy atom. The molecule has 3 aromatic heterocycles. The third kappa shape index (κ3) is 3.95. The smallest absolute Gasteiger partial charge is 0.255 e. The second kappa shape index (κ2) is 7.50. The first-order chi connectivity index (χ1) is 13.0. The quantitative estimate of drug-likeness (QED) is 0.631. The van der Waals surface area contributed by atoms with Gasteiger partial charge in [0.2, 0.25) is 10.0 Å². The lowest BCUT2D eigenvalue weighted by molar-refractivity contribution is 0.0835. The first-order valence-corrected chi connectivity index (χ1v) is 10.8. The summed E-state index contributed by atoms with van der Waals surface area (Å²) in [5, 5.41) is 7.54. The Morgan fingerprint density at radius 3 is 3.00 bits per heavy atom. The van der Waals surface area contributed by atoms with E-state index < -0.39 is 10.0 Å². The third-order valence-electron chi connectivity index (χ3n) is 4.17. The maximum absolute atomic E-state index is 12.6. The molecule has 1 saturated heterocycles. The van der Waals surface area contributed by atoms with Crippen LogP contribution >= 0.6 is 11.3 Å². The van der Waals surface area contributed by atoms with Crippen molar-refractivity contribution in [3.05, 3.63) is 34.9 Å². The van der Waals surface area contributed by atoms with E-state index in [1.54, 1.807) is 19.1 Å². The summed E-state index contributed by atoms with van der Waals surface area (Å²) in [5.74, 6) is 1.45. The van der Waals surface area contributed by atoms with Crippen molar-refractivity contribution in [1.82, 2.24) is 20.0 Å². The zero-order chi connectivity index (χ0) is 18.9. The van der Waals surface area contributed by atoms with Crippen molar-refractivity contribution >= 4 is 21.4 Å². The van der Waals surface area contributed by atoms with E-state index in [1.165, 1.54) is 17.5 Å². The Morgan fingerprint density at radius 2 is 2.26 bits per heavy atom. The topological polar surface area (TPSA) is 120 Å². The van der Waals surface area contributed by atoms with E-state index in [1.807, 2.05) is 0 Å². The predicted molar refractivity (Wildman–Crippen MR) is 95.7 cm³/mol. The summed E-state index contributed by atoms with van der Waals surface area (Å²) in [5.41, 5.74) is 0. The average Bonchev–Trinajstić information content (AvgIpc) is 3.41. The zero-order valence-corrected chi connectivity index (χ0v) is 16.2. The fraction of sp³-hybridized carbons (Fsp3) is 0.438. The highest BCUT2D eigenvalue weighted by Crippen LogP contribution is 2.33. The van der Waals surface area contributed by atoms with Gasteiger partial charge in [0.05, 0.1) is 16.0 Å². The van der Waals surface area contributed by atoms with Gasteiger partial charge in [-0.1, -0.05) is 10.3 Å². The molecule has 4 rings (SSSR count). The minimum Gasteiger partial charge on any atom is -0.368 e. The van der Waals surface area contributed by atoms with E-state index in [4.69, 9.17) is 13.8 Å². The molecule has 4 heterocycles. The van der Waals surface area contributed by atoms with Gasteiger partial charge in [0.25, 0.3) is 5.89 Å². The first-order valence-electron chi connectivity index (χ1n) is 8.48. The Kier molecular flexibility index (Phi) is 5.08. The third-order valence-corrected chi connectivity index (χ3v) is 6.95.